The minimum atomic E-state index is -3.62. The summed E-state index contributed by atoms with van der Waals surface area (Å²) < 4.78 is 33.1. The highest BCUT2D eigenvalue weighted by atomic mass is 32.2. The van der Waals surface area contributed by atoms with Crippen molar-refractivity contribution in [3.63, 3.8) is 0 Å². The van der Waals surface area contributed by atoms with Crippen LogP contribution in [0.15, 0.2) is 59.5 Å². The van der Waals surface area contributed by atoms with E-state index in [2.05, 4.69) is 10.3 Å². The van der Waals surface area contributed by atoms with Gasteiger partial charge in [0.2, 0.25) is 21.8 Å². The number of rotatable bonds is 5. The van der Waals surface area contributed by atoms with Crippen molar-refractivity contribution in [2.24, 2.45) is 0 Å². The van der Waals surface area contributed by atoms with E-state index in [0.717, 1.165) is 10.9 Å². The Morgan fingerprint density at radius 3 is 2.62 bits per heavy atom. The summed E-state index contributed by atoms with van der Waals surface area (Å²) in [6.45, 7) is 3.66. The number of ether oxygens (including phenoxy) is 1. The van der Waals surface area contributed by atoms with Gasteiger partial charge in [-0.2, -0.15) is 4.31 Å². The van der Waals surface area contributed by atoms with Gasteiger partial charge in [0.15, 0.2) is 0 Å². The lowest BCUT2D eigenvalue weighted by molar-refractivity contribution is -0.114. The fraction of sp³-hybridized carbons (Fsp3) is 0.238. The van der Waals surface area contributed by atoms with Gasteiger partial charge in [-0.25, -0.2) is 13.4 Å². The number of anilines is 1. The SMILES string of the molecule is CC(=O)Nc1ccc(S(=O)(=O)N2CC(Oc3ccc4ccccc4n3)C2)c(C)c1. The van der Waals surface area contributed by atoms with Gasteiger partial charge in [0.1, 0.15) is 6.10 Å². The van der Waals surface area contributed by atoms with Crippen LogP contribution in [0, 0.1) is 6.92 Å². The van der Waals surface area contributed by atoms with Crippen molar-refractivity contribution in [2.45, 2.75) is 24.8 Å². The summed E-state index contributed by atoms with van der Waals surface area (Å²) in [6, 6.07) is 16.2. The minimum absolute atomic E-state index is 0.204. The minimum Gasteiger partial charge on any atom is -0.472 e. The quantitative estimate of drug-likeness (QED) is 0.697. The monoisotopic (exact) mass is 411 g/mol. The van der Waals surface area contributed by atoms with E-state index in [1.807, 2.05) is 30.3 Å². The van der Waals surface area contributed by atoms with E-state index in [1.165, 1.54) is 17.3 Å². The molecule has 1 aliphatic heterocycles. The molecule has 0 atom stereocenters. The molecule has 4 rings (SSSR count). The van der Waals surface area contributed by atoms with Gasteiger partial charge in [-0.3, -0.25) is 4.79 Å². The molecule has 1 amide bonds. The molecular formula is C21H21N3O4S. The van der Waals surface area contributed by atoms with E-state index in [-0.39, 0.29) is 30.0 Å². The van der Waals surface area contributed by atoms with Crippen LogP contribution < -0.4 is 10.1 Å². The molecular weight excluding hydrogens is 390 g/mol. The molecule has 0 radical (unpaired) electrons. The first-order chi connectivity index (χ1) is 13.8. The van der Waals surface area contributed by atoms with Gasteiger partial charge in [-0.15, -0.1) is 0 Å². The number of hydrogen-bond acceptors (Lipinski definition) is 5. The molecule has 8 heteroatoms. The Morgan fingerprint density at radius 2 is 1.90 bits per heavy atom. The molecule has 1 N–H and O–H groups in total. The van der Waals surface area contributed by atoms with Crippen LogP contribution in [0.4, 0.5) is 5.69 Å². The third kappa shape index (κ3) is 3.94. The van der Waals surface area contributed by atoms with Crippen molar-refractivity contribution in [2.75, 3.05) is 18.4 Å². The normalized spacial score (nSPS) is 15.1. The van der Waals surface area contributed by atoms with Gasteiger partial charge >= 0.3 is 0 Å². The van der Waals surface area contributed by atoms with Gasteiger partial charge in [-0.1, -0.05) is 18.2 Å². The highest BCUT2D eigenvalue weighted by Gasteiger charge is 2.39. The fourth-order valence-electron chi connectivity index (χ4n) is 3.31. The molecule has 1 saturated heterocycles. The molecule has 3 aromatic rings. The molecule has 7 nitrogen and oxygen atoms in total. The molecule has 0 unspecified atom stereocenters. The molecule has 0 spiro atoms. The van der Waals surface area contributed by atoms with Crippen LogP contribution in [0.2, 0.25) is 0 Å². The highest BCUT2D eigenvalue weighted by Crippen LogP contribution is 2.28. The van der Waals surface area contributed by atoms with Crippen molar-refractivity contribution in [1.82, 2.24) is 9.29 Å². The molecule has 0 saturated carbocycles. The zero-order valence-corrected chi connectivity index (χ0v) is 16.9. The van der Waals surface area contributed by atoms with Crippen molar-refractivity contribution >= 4 is 32.5 Å². The van der Waals surface area contributed by atoms with Gasteiger partial charge in [0.05, 0.1) is 23.5 Å². The number of fused-ring (bicyclic) bond motifs is 1. The average molecular weight is 411 g/mol. The summed E-state index contributed by atoms with van der Waals surface area (Å²) in [5.41, 5.74) is 1.99. The largest absolute Gasteiger partial charge is 0.472 e. The van der Waals surface area contributed by atoms with Gasteiger partial charge in [-0.05, 0) is 42.8 Å². The first-order valence-corrected chi connectivity index (χ1v) is 10.7. The molecule has 29 heavy (non-hydrogen) atoms. The number of aryl methyl sites for hydroxylation is 1. The summed E-state index contributed by atoms with van der Waals surface area (Å²) in [7, 11) is -3.62. The van der Waals surface area contributed by atoms with Crippen molar-refractivity contribution in [3.8, 4) is 5.88 Å². The summed E-state index contributed by atoms with van der Waals surface area (Å²) in [5.74, 6) is 0.284. The van der Waals surface area contributed by atoms with Gasteiger partial charge < -0.3 is 10.1 Å². The maximum absolute atomic E-state index is 12.9. The third-order valence-electron chi connectivity index (χ3n) is 4.79. The van der Waals surface area contributed by atoms with E-state index in [0.29, 0.717) is 17.1 Å². The van der Waals surface area contributed by atoms with E-state index < -0.39 is 10.0 Å². The number of sulfonamides is 1. The smallest absolute Gasteiger partial charge is 0.243 e. The first-order valence-electron chi connectivity index (χ1n) is 9.24. The third-order valence-corrected chi connectivity index (χ3v) is 6.78. The topological polar surface area (TPSA) is 88.6 Å². The Balaban J connectivity index is 1.43. The van der Waals surface area contributed by atoms with Crippen molar-refractivity contribution in [3.05, 3.63) is 60.2 Å². The van der Waals surface area contributed by atoms with Crippen molar-refractivity contribution in [1.29, 1.82) is 0 Å². The van der Waals surface area contributed by atoms with Gasteiger partial charge in [0, 0.05) is 24.1 Å². The Labute approximate surface area is 169 Å². The maximum atomic E-state index is 12.9. The lowest BCUT2D eigenvalue weighted by Crippen LogP contribution is -2.56. The number of amides is 1. The lowest BCUT2D eigenvalue weighted by Gasteiger charge is -2.37. The van der Waals surface area contributed by atoms with Crippen LogP contribution in [-0.2, 0) is 14.8 Å². The summed E-state index contributed by atoms with van der Waals surface area (Å²) >= 11 is 0. The number of pyridine rings is 1. The molecule has 0 bridgehead atoms. The number of benzene rings is 2. The van der Waals surface area contributed by atoms with Crippen LogP contribution in [0.25, 0.3) is 10.9 Å². The highest BCUT2D eigenvalue weighted by molar-refractivity contribution is 7.89. The number of carbonyl (C=O) groups excluding carboxylic acids is 1. The second-order valence-corrected chi connectivity index (χ2v) is 8.97. The zero-order chi connectivity index (χ0) is 20.6. The predicted molar refractivity (Wildman–Crippen MR) is 110 cm³/mol. The van der Waals surface area contributed by atoms with E-state index >= 15 is 0 Å². The lowest BCUT2D eigenvalue weighted by atomic mass is 10.2. The fourth-order valence-corrected chi connectivity index (χ4v) is 5.02. The Bertz CT molecular complexity index is 1190. The van der Waals surface area contributed by atoms with Crippen LogP contribution in [0.5, 0.6) is 5.88 Å². The number of nitrogens with one attached hydrogen (secondary N) is 1. The summed E-state index contributed by atoms with van der Waals surface area (Å²) in [5, 5.41) is 3.68. The molecule has 150 valence electrons. The van der Waals surface area contributed by atoms with Crippen LogP contribution >= 0.6 is 0 Å². The summed E-state index contributed by atoms with van der Waals surface area (Å²) in [4.78, 5) is 15.9. The number of carbonyl (C=O) groups is 1. The molecule has 0 aliphatic carbocycles. The van der Waals surface area contributed by atoms with Crippen molar-refractivity contribution < 1.29 is 17.9 Å². The van der Waals surface area contributed by atoms with Gasteiger partial charge in [0.25, 0.3) is 0 Å². The number of hydrogen-bond donors (Lipinski definition) is 1. The number of aromatic nitrogens is 1. The molecule has 1 aromatic heterocycles. The van der Waals surface area contributed by atoms with E-state index in [9.17, 15) is 13.2 Å². The molecule has 1 fully saturated rings. The molecule has 2 heterocycles. The predicted octanol–water partition coefficient (Wildman–Crippen LogP) is 2.95. The summed E-state index contributed by atoms with van der Waals surface area (Å²) in [6.07, 6.45) is -0.239. The Kier molecular flexibility index (Phi) is 4.97. The first kappa shape index (κ1) is 19.4. The maximum Gasteiger partial charge on any atom is 0.243 e. The second kappa shape index (κ2) is 7.46. The average Bonchev–Trinajstić information content (AvgIpc) is 2.63. The number of para-hydroxylation sites is 1. The van der Waals surface area contributed by atoms with Crippen LogP contribution in [0.3, 0.4) is 0 Å². The van der Waals surface area contributed by atoms with E-state index in [4.69, 9.17) is 4.74 Å². The Morgan fingerprint density at radius 1 is 1.14 bits per heavy atom. The Hall–Kier alpha value is -2.97. The van der Waals surface area contributed by atoms with E-state index in [1.54, 1.807) is 25.1 Å². The van der Waals surface area contributed by atoms with Crippen LogP contribution in [0.1, 0.15) is 12.5 Å². The zero-order valence-electron chi connectivity index (χ0n) is 16.1. The molecule has 2 aromatic carbocycles. The standard InChI is InChI=1S/C21H21N3O4S/c1-14-11-17(22-15(2)25)8-9-20(14)29(26,27)24-12-18(13-24)28-21-10-7-16-5-3-4-6-19(16)23-21/h3-11,18H,12-13H2,1-2H3,(H,22,25). The molecule has 1 aliphatic rings. The van der Waals surface area contributed by atoms with Crippen LogP contribution in [-0.4, -0.2) is 42.8 Å². The second-order valence-electron chi connectivity index (χ2n) is 7.07. The number of nitrogens with zero attached hydrogens (tertiary/aromatic N) is 2.